The molecule has 1 heterocycles. The van der Waals surface area contributed by atoms with Gasteiger partial charge in [-0.05, 0) is 37.6 Å². The summed E-state index contributed by atoms with van der Waals surface area (Å²) in [4.78, 5) is 25.5. The van der Waals surface area contributed by atoms with E-state index in [2.05, 4.69) is 26.6 Å². The van der Waals surface area contributed by atoms with Gasteiger partial charge in [-0.25, -0.2) is 0 Å². The molecule has 0 aliphatic carbocycles. The summed E-state index contributed by atoms with van der Waals surface area (Å²) < 4.78 is 0.945. The highest BCUT2D eigenvalue weighted by Gasteiger charge is 2.14. The first-order chi connectivity index (χ1) is 10.5. The molecule has 2 N–H and O–H groups in total. The second-order valence-corrected chi connectivity index (χ2v) is 7.05. The molecule has 0 saturated heterocycles. The van der Waals surface area contributed by atoms with E-state index in [1.165, 1.54) is 11.3 Å². The highest BCUT2D eigenvalue weighted by molar-refractivity contribution is 9.10. The molecular weight excluding hydrogens is 364 g/mol. The van der Waals surface area contributed by atoms with Crippen LogP contribution in [0.3, 0.4) is 0 Å². The first kappa shape index (κ1) is 16.7. The number of benzene rings is 1. The summed E-state index contributed by atoms with van der Waals surface area (Å²) in [7, 11) is 0. The molecular formula is C16H17BrN2O2S. The fourth-order valence-corrected chi connectivity index (χ4v) is 3.41. The van der Waals surface area contributed by atoms with Crippen molar-refractivity contribution >= 4 is 39.1 Å². The van der Waals surface area contributed by atoms with Crippen molar-refractivity contribution in [2.24, 2.45) is 0 Å². The zero-order valence-corrected chi connectivity index (χ0v) is 14.8. The second-order valence-electron chi connectivity index (χ2n) is 4.90. The molecule has 0 spiro atoms. The fourth-order valence-electron chi connectivity index (χ4n) is 2.00. The van der Waals surface area contributed by atoms with Crippen molar-refractivity contribution in [3.05, 3.63) is 56.2 Å². The van der Waals surface area contributed by atoms with Crippen molar-refractivity contribution in [3.63, 3.8) is 0 Å². The maximum Gasteiger partial charge on any atom is 0.261 e. The van der Waals surface area contributed by atoms with Gasteiger partial charge in [-0.3, -0.25) is 9.59 Å². The zero-order chi connectivity index (χ0) is 16.1. The van der Waals surface area contributed by atoms with Crippen molar-refractivity contribution in [3.8, 4) is 0 Å². The zero-order valence-electron chi connectivity index (χ0n) is 12.4. The first-order valence-corrected chi connectivity index (χ1v) is 8.46. The number of nitrogens with one attached hydrogen (secondary N) is 2. The van der Waals surface area contributed by atoms with Gasteiger partial charge in [-0.15, -0.1) is 11.3 Å². The normalized spacial score (nSPS) is 11.8. The number of carbonyl (C=O) groups is 2. The van der Waals surface area contributed by atoms with E-state index < -0.39 is 0 Å². The Morgan fingerprint density at radius 1 is 1.23 bits per heavy atom. The van der Waals surface area contributed by atoms with Gasteiger partial charge in [-0.2, -0.15) is 0 Å². The predicted molar refractivity (Wildman–Crippen MR) is 92.1 cm³/mol. The molecule has 0 radical (unpaired) electrons. The predicted octanol–water partition coefficient (Wildman–Crippen LogP) is 3.43. The van der Waals surface area contributed by atoms with Crippen LogP contribution >= 0.6 is 27.3 Å². The molecule has 2 aromatic rings. The smallest absolute Gasteiger partial charge is 0.261 e. The Balaban J connectivity index is 1.85. The van der Waals surface area contributed by atoms with E-state index in [-0.39, 0.29) is 24.4 Å². The van der Waals surface area contributed by atoms with E-state index in [4.69, 9.17) is 0 Å². The SMILES string of the molecule is Cc1ccc(C(=O)NCC(=O)NC(C)c2ccccc2Br)s1. The number of aryl methyl sites for hydroxylation is 1. The average Bonchev–Trinajstić information content (AvgIpc) is 2.91. The van der Waals surface area contributed by atoms with Gasteiger partial charge < -0.3 is 10.6 Å². The van der Waals surface area contributed by atoms with Crippen LogP contribution in [0.25, 0.3) is 0 Å². The molecule has 0 fully saturated rings. The highest BCUT2D eigenvalue weighted by atomic mass is 79.9. The molecule has 2 amide bonds. The van der Waals surface area contributed by atoms with Crippen LogP contribution in [-0.4, -0.2) is 18.4 Å². The Kier molecular flexibility index (Phi) is 5.74. The number of thiophene rings is 1. The molecule has 1 aromatic carbocycles. The van der Waals surface area contributed by atoms with Crippen molar-refractivity contribution in [1.29, 1.82) is 0 Å². The van der Waals surface area contributed by atoms with Gasteiger partial charge in [0.05, 0.1) is 17.5 Å². The van der Waals surface area contributed by atoms with Gasteiger partial charge in [0.1, 0.15) is 0 Å². The van der Waals surface area contributed by atoms with E-state index in [1.807, 2.05) is 44.2 Å². The van der Waals surface area contributed by atoms with Crippen LogP contribution in [-0.2, 0) is 4.79 Å². The minimum absolute atomic E-state index is 0.0371. The van der Waals surface area contributed by atoms with E-state index in [9.17, 15) is 9.59 Å². The van der Waals surface area contributed by atoms with Crippen molar-refractivity contribution in [1.82, 2.24) is 10.6 Å². The fraction of sp³-hybridized carbons (Fsp3) is 0.250. The highest BCUT2D eigenvalue weighted by Crippen LogP contribution is 2.22. The van der Waals surface area contributed by atoms with E-state index >= 15 is 0 Å². The van der Waals surface area contributed by atoms with Gasteiger partial charge >= 0.3 is 0 Å². The summed E-state index contributed by atoms with van der Waals surface area (Å²) in [6, 6.07) is 11.2. The summed E-state index contributed by atoms with van der Waals surface area (Å²) >= 11 is 4.87. The maximum absolute atomic E-state index is 11.9. The van der Waals surface area contributed by atoms with Crippen LogP contribution in [0.5, 0.6) is 0 Å². The third kappa shape index (κ3) is 4.42. The molecule has 0 saturated carbocycles. The summed E-state index contributed by atoms with van der Waals surface area (Å²) in [5, 5.41) is 5.50. The van der Waals surface area contributed by atoms with Crippen molar-refractivity contribution in [2.75, 3.05) is 6.54 Å². The van der Waals surface area contributed by atoms with Crippen molar-refractivity contribution in [2.45, 2.75) is 19.9 Å². The number of carbonyl (C=O) groups excluding carboxylic acids is 2. The molecule has 6 heteroatoms. The molecule has 1 aromatic heterocycles. The Morgan fingerprint density at radius 3 is 2.59 bits per heavy atom. The number of halogens is 1. The number of amides is 2. The van der Waals surface area contributed by atoms with Crippen LogP contribution in [0.4, 0.5) is 0 Å². The molecule has 0 aliphatic rings. The monoisotopic (exact) mass is 380 g/mol. The van der Waals surface area contributed by atoms with E-state index in [0.29, 0.717) is 4.88 Å². The summed E-state index contributed by atoms with van der Waals surface area (Å²) in [5.41, 5.74) is 0.996. The third-order valence-corrected chi connectivity index (χ3v) is 4.84. The lowest BCUT2D eigenvalue weighted by atomic mass is 10.1. The van der Waals surface area contributed by atoms with E-state index in [1.54, 1.807) is 6.07 Å². The summed E-state index contributed by atoms with van der Waals surface area (Å²) in [6.07, 6.45) is 0. The third-order valence-electron chi connectivity index (χ3n) is 3.12. The lowest BCUT2D eigenvalue weighted by Crippen LogP contribution is -2.37. The second kappa shape index (κ2) is 7.56. The minimum Gasteiger partial charge on any atom is -0.348 e. The molecule has 0 bridgehead atoms. The summed E-state index contributed by atoms with van der Waals surface area (Å²) in [6.45, 7) is 3.81. The molecule has 4 nitrogen and oxygen atoms in total. The van der Waals surface area contributed by atoms with Gasteiger partial charge in [-0.1, -0.05) is 34.1 Å². The molecule has 1 unspecified atom stereocenters. The Morgan fingerprint density at radius 2 is 1.95 bits per heavy atom. The van der Waals surface area contributed by atoms with Crippen LogP contribution in [0.1, 0.15) is 33.1 Å². The van der Waals surface area contributed by atoms with Crippen molar-refractivity contribution < 1.29 is 9.59 Å². The van der Waals surface area contributed by atoms with Gasteiger partial charge in [0.2, 0.25) is 5.91 Å². The molecule has 116 valence electrons. The number of hydrogen-bond acceptors (Lipinski definition) is 3. The minimum atomic E-state index is -0.221. The van der Waals surface area contributed by atoms with Crippen LogP contribution in [0, 0.1) is 6.92 Å². The van der Waals surface area contributed by atoms with Gasteiger partial charge in [0.25, 0.3) is 5.91 Å². The number of hydrogen-bond donors (Lipinski definition) is 2. The van der Waals surface area contributed by atoms with Crippen LogP contribution in [0.15, 0.2) is 40.9 Å². The lowest BCUT2D eigenvalue weighted by Gasteiger charge is -2.16. The Hall–Kier alpha value is -1.66. The Labute approximate surface area is 142 Å². The summed E-state index contributed by atoms with van der Waals surface area (Å²) in [5.74, 6) is -0.438. The largest absolute Gasteiger partial charge is 0.348 e. The van der Waals surface area contributed by atoms with Gasteiger partial charge in [0, 0.05) is 9.35 Å². The molecule has 0 aliphatic heterocycles. The Bertz CT molecular complexity index is 684. The van der Waals surface area contributed by atoms with Crippen LogP contribution in [0.2, 0.25) is 0 Å². The molecule has 1 atom stereocenters. The maximum atomic E-state index is 11.9. The quantitative estimate of drug-likeness (QED) is 0.834. The lowest BCUT2D eigenvalue weighted by molar-refractivity contribution is -0.120. The number of rotatable bonds is 5. The van der Waals surface area contributed by atoms with Crippen LogP contribution < -0.4 is 10.6 Å². The van der Waals surface area contributed by atoms with E-state index in [0.717, 1.165) is 14.9 Å². The molecule has 22 heavy (non-hydrogen) atoms. The topological polar surface area (TPSA) is 58.2 Å². The standard InChI is InChI=1S/C16H17BrN2O2S/c1-10-7-8-14(22-10)16(21)18-9-15(20)19-11(2)12-5-3-4-6-13(12)17/h3-8,11H,9H2,1-2H3,(H,18,21)(H,19,20). The van der Waals surface area contributed by atoms with Gasteiger partial charge in [0.15, 0.2) is 0 Å². The molecule has 2 rings (SSSR count). The first-order valence-electron chi connectivity index (χ1n) is 6.86. The average molecular weight is 381 g/mol.